The molecule has 7 heteroatoms. The third-order valence-electron chi connectivity index (χ3n) is 3.68. The highest BCUT2D eigenvalue weighted by molar-refractivity contribution is 5.91. The van der Waals surface area contributed by atoms with Crippen LogP contribution in [0.25, 0.3) is 0 Å². The molecule has 0 unspecified atom stereocenters. The molecule has 0 aliphatic carbocycles. The van der Waals surface area contributed by atoms with E-state index < -0.39 is 0 Å². The number of carbonyl (C=O) groups is 1. The van der Waals surface area contributed by atoms with Crippen LogP contribution in [0, 0.1) is 5.41 Å². The molecule has 7 nitrogen and oxygen atoms in total. The third kappa shape index (κ3) is 4.45. The fourth-order valence-electron chi connectivity index (χ4n) is 2.77. The molecule has 0 N–H and O–H groups in total. The largest absolute Gasteiger partial charge is 0.479 e. The number of carbonyl (C=O) groups excluding carboxylic acids is 1. The Morgan fingerprint density at radius 3 is 2.73 bits per heavy atom. The second-order valence-corrected chi connectivity index (χ2v) is 6.45. The van der Waals surface area contributed by atoms with Gasteiger partial charge in [0.25, 0.3) is 11.8 Å². The maximum absolute atomic E-state index is 12.3. The minimum atomic E-state index is -0.189. The molecule has 1 amide bonds. The first-order valence-electron chi connectivity index (χ1n) is 7.47. The summed E-state index contributed by atoms with van der Waals surface area (Å²) in [6.45, 7) is 9.33. The Morgan fingerprint density at radius 2 is 2.14 bits per heavy atom. The Balaban J connectivity index is 1.90. The second kappa shape index (κ2) is 7.11. The quantitative estimate of drug-likeness (QED) is 0.784. The lowest BCUT2D eigenvalue weighted by Gasteiger charge is -2.36. The van der Waals surface area contributed by atoms with Crippen LogP contribution in [0.3, 0.4) is 0 Å². The molecular weight excluding hydrogens is 286 g/mol. The van der Waals surface area contributed by atoms with Crippen molar-refractivity contribution in [3.63, 3.8) is 0 Å². The zero-order chi connectivity index (χ0) is 16.2. The molecule has 0 radical (unpaired) electrons. The summed E-state index contributed by atoms with van der Waals surface area (Å²) in [5.74, 6) is 0.316. The van der Waals surface area contributed by atoms with Gasteiger partial charge in [-0.25, -0.2) is 0 Å². The molecule has 1 aromatic heterocycles. The van der Waals surface area contributed by atoms with Crippen LogP contribution in [0.2, 0.25) is 0 Å². The van der Waals surface area contributed by atoms with Gasteiger partial charge < -0.3 is 18.9 Å². The third-order valence-corrected chi connectivity index (χ3v) is 3.68. The Morgan fingerprint density at radius 1 is 1.45 bits per heavy atom. The zero-order valence-electron chi connectivity index (χ0n) is 13.8. The van der Waals surface area contributed by atoms with Gasteiger partial charge in [0.2, 0.25) is 5.76 Å². The van der Waals surface area contributed by atoms with Crippen molar-refractivity contribution in [2.24, 2.45) is 5.41 Å². The van der Waals surface area contributed by atoms with E-state index in [9.17, 15) is 4.79 Å². The van der Waals surface area contributed by atoms with Gasteiger partial charge >= 0.3 is 0 Å². The average Bonchev–Trinajstić information content (AvgIpc) is 2.95. The monoisotopic (exact) mass is 311 g/mol. The number of hydrogen-bond donors (Lipinski definition) is 0. The summed E-state index contributed by atoms with van der Waals surface area (Å²) in [4.78, 5) is 16.4. The predicted octanol–water partition coefficient (Wildman–Crippen LogP) is 1.11. The highest BCUT2D eigenvalue weighted by Crippen LogP contribution is 2.21. The fraction of sp³-hybridized carbons (Fsp3) is 0.733. The Kier molecular flexibility index (Phi) is 5.42. The van der Waals surface area contributed by atoms with E-state index in [1.165, 1.54) is 13.2 Å². The highest BCUT2D eigenvalue weighted by Gasteiger charge is 2.28. The highest BCUT2D eigenvalue weighted by atomic mass is 16.5. The van der Waals surface area contributed by atoms with Crippen LogP contribution in [0.5, 0.6) is 5.88 Å². The SMILES string of the molecule is COc1cc(C(=O)N(C)CC(C)(C)CN2CCOCC2)on1. The van der Waals surface area contributed by atoms with Crippen molar-refractivity contribution in [1.29, 1.82) is 0 Å². The van der Waals surface area contributed by atoms with Crippen molar-refractivity contribution < 1.29 is 18.8 Å². The van der Waals surface area contributed by atoms with Crippen molar-refractivity contribution in [1.82, 2.24) is 15.0 Å². The number of morpholine rings is 1. The number of methoxy groups -OCH3 is 1. The molecule has 22 heavy (non-hydrogen) atoms. The van der Waals surface area contributed by atoms with Crippen molar-refractivity contribution in [2.75, 3.05) is 53.6 Å². The molecule has 1 fully saturated rings. The smallest absolute Gasteiger partial charge is 0.292 e. The number of hydrogen-bond acceptors (Lipinski definition) is 6. The van der Waals surface area contributed by atoms with Crippen LogP contribution in [-0.4, -0.2) is 74.4 Å². The van der Waals surface area contributed by atoms with Crippen LogP contribution in [-0.2, 0) is 4.74 Å². The maximum atomic E-state index is 12.3. The second-order valence-electron chi connectivity index (χ2n) is 6.45. The van der Waals surface area contributed by atoms with Gasteiger partial charge in [0, 0.05) is 33.2 Å². The van der Waals surface area contributed by atoms with Crippen molar-refractivity contribution in [3.05, 3.63) is 11.8 Å². The zero-order valence-corrected chi connectivity index (χ0v) is 13.8. The normalized spacial score (nSPS) is 16.5. The summed E-state index contributed by atoms with van der Waals surface area (Å²) in [6, 6.07) is 1.51. The van der Waals surface area contributed by atoms with Crippen LogP contribution in [0.15, 0.2) is 10.6 Å². The number of amides is 1. The van der Waals surface area contributed by atoms with E-state index in [1.807, 2.05) is 0 Å². The number of rotatable bonds is 6. The van der Waals surface area contributed by atoms with Crippen LogP contribution in [0.1, 0.15) is 24.4 Å². The summed E-state index contributed by atoms with van der Waals surface area (Å²) in [7, 11) is 3.26. The van der Waals surface area contributed by atoms with E-state index in [0.717, 1.165) is 32.8 Å². The molecule has 0 spiro atoms. The van der Waals surface area contributed by atoms with Crippen LogP contribution < -0.4 is 4.74 Å². The summed E-state index contributed by atoms with van der Waals surface area (Å²) >= 11 is 0. The van der Waals surface area contributed by atoms with Crippen molar-refractivity contribution in [2.45, 2.75) is 13.8 Å². The van der Waals surface area contributed by atoms with E-state index in [0.29, 0.717) is 12.4 Å². The number of ether oxygens (including phenoxy) is 2. The lowest BCUT2D eigenvalue weighted by molar-refractivity contribution is 0.0160. The summed E-state index contributed by atoms with van der Waals surface area (Å²) in [5.41, 5.74) is -0.0220. The van der Waals surface area contributed by atoms with Gasteiger partial charge in [-0.15, -0.1) is 0 Å². The molecule has 1 aromatic rings. The lowest BCUT2D eigenvalue weighted by atomic mass is 9.91. The van der Waals surface area contributed by atoms with E-state index in [2.05, 4.69) is 23.9 Å². The predicted molar refractivity (Wildman–Crippen MR) is 81.1 cm³/mol. The molecule has 0 atom stereocenters. The molecular formula is C15H25N3O4. The molecule has 0 saturated carbocycles. The van der Waals surface area contributed by atoms with Gasteiger partial charge in [0.05, 0.1) is 26.4 Å². The van der Waals surface area contributed by atoms with Crippen LogP contribution >= 0.6 is 0 Å². The molecule has 2 heterocycles. The van der Waals surface area contributed by atoms with E-state index >= 15 is 0 Å². The topological polar surface area (TPSA) is 68.0 Å². The number of nitrogens with zero attached hydrogens (tertiary/aromatic N) is 3. The van der Waals surface area contributed by atoms with E-state index in [1.54, 1.807) is 11.9 Å². The Hall–Kier alpha value is -1.60. The summed E-state index contributed by atoms with van der Waals surface area (Å²) < 4.78 is 15.3. The Labute approximate surface area is 131 Å². The van der Waals surface area contributed by atoms with Gasteiger partial charge in [-0.1, -0.05) is 13.8 Å². The van der Waals surface area contributed by atoms with Gasteiger partial charge in [-0.2, -0.15) is 0 Å². The van der Waals surface area contributed by atoms with Crippen LogP contribution in [0.4, 0.5) is 0 Å². The van der Waals surface area contributed by atoms with Gasteiger partial charge in [-0.05, 0) is 10.6 Å². The first kappa shape index (κ1) is 16.8. The minimum absolute atomic E-state index is 0.0220. The minimum Gasteiger partial charge on any atom is -0.479 e. The molecule has 1 aliphatic heterocycles. The van der Waals surface area contributed by atoms with E-state index in [-0.39, 0.29) is 17.1 Å². The molecule has 0 bridgehead atoms. The summed E-state index contributed by atoms with van der Waals surface area (Å²) in [6.07, 6.45) is 0. The van der Waals surface area contributed by atoms with Crippen molar-refractivity contribution >= 4 is 5.91 Å². The Bertz CT molecular complexity index is 495. The molecule has 1 saturated heterocycles. The molecule has 1 aliphatic rings. The lowest BCUT2D eigenvalue weighted by Crippen LogP contribution is -2.46. The van der Waals surface area contributed by atoms with Gasteiger partial charge in [-0.3, -0.25) is 9.69 Å². The maximum Gasteiger partial charge on any atom is 0.292 e. The van der Waals surface area contributed by atoms with Gasteiger partial charge in [0.15, 0.2) is 0 Å². The first-order valence-corrected chi connectivity index (χ1v) is 7.47. The number of aromatic nitrogens is 1. The standard InChI is InChI=1S/C15H25N3O4/c1-15(2,11-18-5-7-21-8-6-18)10-17(3)14(19)12-9-13(20-4)16-22-12/h9H,5-8,10-11H2,1-4H3. The molecule has 2 rings (SSSR count). The van der Waals surface area contributed by atoms with Crippen molar-refractivity contribution in [3.8, 4) is 5.88 Å². The average molecular weight is 311 g/mol. The summed E-state index contributed by atoms with van der Waals surface area (Å²) in [5, 5.41) is 3.66. The fourth-order valence-corrected chi connectivity index (χ4v) is 2.77. The molecule has 124 valence electrons. The molecule has 0 aromatic carbocycles. The van der Waals surface area contributed by atoms with Gasteiger partial charge in [0.1, 0.15) is 0 Å². The van der Waals surface area contributed by atoms with E-state index in [4.69, 9.17) is 14.0 Å². The first-order chi connectivity index (χ1) is 10.4.